The fraction of sp³-hybridized carbons (Fsp3) is 0.550. The van der Waals surface area contributed by atoms with Crippen molar-refractivity contribution in [1.82, 2.24) is 25.4 Å². The van der Waals surface area contributed by atoms with Gasteiger partial charge in [-0.05, 0) is 37.8 Å². The molecule has 1 heterocycles. The van der Waals surface area contributed by atoms with Gasteiger partial charge in [-0.3, -0.25) is 0 Å². The maximum atomic E-state index is 6.02. The highest BCUT2D eigenvalue weighted by atomic mass is 127. The maximum Gasteiger partial charge on any atom is 0.191 e. The molecule has 1 aromatic carbocycles. The van der Waals surface area contributed by atoms with Gasteiger partial charge in [0.05, 0.1) is 19.7 Å². The van der Waals surface area contributed by atoms with Crippen molar-refractivity contribution in [2.24, 2.45) is 18.0 Å². The molecule has 0 aliphatic rings. The number of nitrogens with one attached hydrogen (secondary N) is 2. The van der Waals surface area contributed by atoms with Gasteiger partial charge in [0.25, 0.3) is 0 Å². The molecular formula is C20H33IN6O. The van der Waals surface area contributed by atoms with E-state index in [2.05, 4.69) is 59.8 Å². The molecule has 1 aromatic heterocycles. The number of guanidine groups is 1. The van der Waals surface area contributed by atoms with Crippen LogP contribution < -0.4 is 15.4 Å². The molecule has 0 spiro atoms. The number of aliphatic imine (C=N–C) groups is 1. The Balaban J connectivity index is 0.00000392. The first-order chi connectivity index (χ1) is 13.0. The lowest BCUT2D eigenvalue weighted by molar-refractivity contribution is 0.287. The van der Waals surface area contributed by atoms with E-state index >= 15 is 0 Å². The van der Waals surface area contributed by atoms with Crippen LogP contribution in [0.3, 0.4) is 0 Å². The van der Waals surface area contributed by atoms with Crippen LogP contribution in [0.15, 0.2) is 29.5 Å². The number of hydrogen-bond acceptors (Lipinski definition) is 4. The average molecular weight is 500 g/mol. The molecule has 2 aromatic rings. The van der Waals surface area contributed by atoms with Crippen molar-refractivity contribution in [2.45, 2.75) is 47.2 Å². The lowest BCUT2D eigenvalue weighted by atomic mass is 10.1. The van der Waals surface area contributed by atoms with Crippen LogP contribution in [0.1, 0.15) is 44.1 Å². The lowest BCUT2D eigenvalue weighted by Crippen LogP contribution is -2.37. The van der Waals surface area contributed by atoms with Crippen LogP contribution in [0.5, 0.6) is 5.75 Å². The van der Waals surface area contributed by atoms with Gasteiger partial charge in [-0.25, -0.2) is 4.99 Å². The third kappa shape index (κ3) is 8.04. The second-order valence-corrected chi connectivity index (χ2v) is 7.05. The molecule has 0 saturated heterocycles. The Morgan fingerprint density at radius 3 is 2.71 bits per heavy atom. The van der Waals surface area contributed by atoms with Crippen LogP contribution in [0.25, 0.3) is 0 Å². The Hall–Kier alpha value is -1.84. The van der Waals surface area contributed by atoms with E-state index in [1.165, 1.54) is 5.56 Å². The molecule has 0 aliphatic heterocycles. The van der Waals surface area contributed by atoms with Crippen molar-refractivity contribution < 1.29 is 4.74 Å². The van der Waals surface area contributed by atoms with Gasteiger partial charge in [0.1, 0.15) is 12.1 Å². The number of halogens is 1. The highest BCUT2D eigenvalue weighted by Gasteiger charge is 2.07. The number of aromatic nitrogens is 3. The smallest absolute Gasteiger partial charge is 0.191 e. The normalized spacial score (nSPS) is 11.3. The highest BCUT2D eigenvalue weighted by Crippen LogP contribution is 2.22. The minimum Gasteiger partial charge on any atom is -0.493 e. The summed E-state index contributed by atoms with van der Waals surface area (Å²) in [6.45, 7) is 11.2. The fourth-order valence-corrected chi connectivity index (χ4v) is 2.47. The molecule has 0 unspecified atom stereocenters. The SMILES string of the molecule is CCNC(=NCc1ccc(C)cc1OCCC(C)C)NCc1nncn1C.I. The molecule has 0 atom stereocenters. The van der Waals surface area contributed by atoms with Gasteiger partial charge in [0.15, 0.2) is 11.8 Å². The van der Waals surface area contributed by atoms with Gasteiger partial charge in [0, 0.05) is 19.2 Å². The number of hydrogen-bond donors (Lipinski definition) is 2. The minimum atomic E-state index is 0. The van der Waals surface area contributed by atoms with Gasteiger partial charge < -0.3 is 19.9 Å². The van der Waals surface area contributed by atoms with Crippen LogP contribution in [0.4, 0.5) is 0 Å². The van der Waals surface area contributed by atoms with E-state index in [4.69, 9.17) is 9.73 Å². The minimum absolute atomic E-state index is 0. The van der Waals surface area contributed by atoms with Crippen molar-refractivity contribution >= 4 is 29.9 Å². The predicted molar refractivity (Wildman–Crippen MR) is 124 cm³/mol. The second-order valence-electron chi connectivity index (χ2n) is 7.05. The highest BCUT2D eigenvalue weighted by molar-refractivity contribution is 14.0. The summed E-state index contributed by atoms with van der Waals surface area (Å²) in [5.74, 6) is 3.15. The van der Waals surface area contributed by atoms with Crippen LogP contribution in [0, 0.1) is 12.8 Å². The van der Waals surface area contributed by atoms with Gasteiger partial charge in [-0.1, -0.05) is 26.0 Å². The van der Waals surface area contributed by atoms with Gasteiger partial charge >= 0.3 is 0 Å². The van der Waals surface area contributed by atoms with E-state index in [0.29, 0.717) is 19.0 Å². The van der Waals surface area contributed by atoms with E-state index in [1.54, 1.807) is 6.33 Å². The predicted octanol–water partition coefficient (Wildman–Crippen LogP) is 3.42. The summed E-state index contributed by atoms with van der Waals surface area (Å²) < 4.78 is 7.91. The third-order valence-corrected chi connectivity index (χ3v) is 4.15. The number of benzene rings is 1. The molecule has 8 heteroatoms. The molecule has 0 bridgehead atoms. The largest absolute Gasteiger partial charge is 0.493 e. The average Bonchev–Trinajstić information content (AvgIpc) is 3.03. The number of aryl methyl sites for hydroxylation is 2. The fourth-order valence-electron chi connectivity index (χ4n) is 2.47. The molecule has 2 N–H and O–H groups in total. The van der Waals surface area contributed by atoms with Gasteiger partial charge in [-0.2, -0.15) is 0 Å². The number of rotatable bonds is 9. The molecule has 156 valence electrons. The molecule has 0 amide bonds. The Morgan fingerprint density at radius 2 is 2.07 bits per heavy atom. The molecular weight excluding hydrogens is 467 g/mol. The Bertz CT molecular complexity index is 744. The monoisotopic (exact) mass is 500 g/mol. The van der Waals surface area contributed by atoms with Crippen LogP contribution in [0.2, 0.25) is 0 Å². The molecule has 0 saturated carbocycles. The van der Waals surface area contributed by atoms with Crippen molar-refractivity contribution in [3.8, 4) is 5.75 Å². The summed E-state index contributed by atoms with van der Waals surface area (Å²) in [5, 5.41) is 14.5. The standard InChI is InChI=1S/C20H32N6O.HI/c1-6-21-20(23-13-19-25-24-14-26(19)5)22-12-17-8-7-16(4)11-18(17)27-10-9-15(2)3;/h7-8,11,14-15H,6,9-10,12-13H2,1-5H3,(H2,21,22,23);1H. The molecule has 2 rings (SSSR count). The summed E-state index contributed by atoms with van der Waals surface area (Å²) >= 11 is 0. The zero-order chi connectivity index (χ0) is 19.6. The summed E-state index contributed by atoms with van der Waals surface area (Å²) in [4.78, 5) is 4.70. The first-order valence-corrected chi connectivity index (χ1v) is 9.57. The van der Waals surface area contributed by atoms with E-state index in [-0.39, 0.29) is 24.0 Å². The molecule has 0 aliphatic carbocycles. The van der Waals surface area contributed by atoms with Crippen molar-refractivity contribution in [1.29, 1.82) is 0 Å². The Morgan fingerprint density at radius 1 is 1.29 bits per heavy atom. The summed E-state index contributed by atoms with van der Waals surface area (Å²) in [5.41, 5.74) is 2.27. The molecule has 28 heavy (non-hydrogen) atoms. The lowest BCUT2D eigenvalue weighted by Gasteiger charge is -2.14. The Labute approximate surface area is 185 Å². The van der Waals surface area contributed by atoms with Gasteiger partial charge in [-0.15, -0.1) is 34.2 Å². The van der Waals surface area contributed by atoms with Crippen molar-refractivity contribution in [3.63, 3.8) is 0 Å². The molecule has 0 radical (unpaired) electrons. The summed E-state index contributed by atoms with van der Waals surface area (Å²) in [6.07, 6.45) is 2.73. The van der Waals surface area contributed by atoms with Crippen molar-refractivity contribution in [2.75, 3.05) is 13.2 Å². The summed E-state index contributed by atoms with van der Waals surface area (Å²) in [7, 11) is 1.92. The number of ether oxygens (including phenoxy) is 1. The van der Waals surface area contributed by atoms with Gasteiger partial charge in [0.2, 0.25) is 0 Å². The topological polar surface area (TPSA) is 76.4 Å². The number of nitrogens with zero attached hydrogens (tertiary/aromatic N) is 4. The third-order valence-electron chi connectivity index (χ3n) is 4.15. The summed E-state index contributed by atoms with van der Waals surface area (Å²) in [6, 6.07) is 6.28. The molecule has 7 nitrogen and oxygen atoms in total. The molecule has 0 fully saturated rings. The van der Waals surface area contributed by atoms with E-state index in [9.17, 15) is 0 Å². The first-order valence-electron chi connectivity index (χ1n) is 9.57. The van der Waals surface area contributed by atoms with Crippen LogP contribution in [-0.2, 0) is 20.1 Å². The zero-order valence-corrected chi connectivity index (χ0v) is 19.9. The van der Waals surface area contributed by atoms with Crippen molar-refractivity contribution in [3.05, 3.63) is 41.5 Å². The zero-order valence-electron chi connectivity index (χ0n) is 17.5. The van der Waals surface area contributed by atoms with Crippen LogP contribution >= 0.6 is 24.0 Å². The quantitative estimate of drug-likeness (QED) is 0.314. The Kier molecular flexibility index (Phi) is 10.9. The first kappa shape index (κ1) is 24.2. The maximum absolute atomic E-state index is 6.02. The van der Waals surface area contributed by atoms with Crippen LogP contribution in [-0.4, -0.2) is 33.9 Å². The van der Waals surface area contributed by atoms with E-state index in [1.807, 2.05) is 18.5 Å². The van der Waals surface area contributed by atoms with E-state index < -0.39 is 0 Å². The second kappa shape index (κ2) is 12.6. The van der Waals surface area contributed by atoms with E-state index in [0.717, 1.165) is 42.7 Å².